The quantitative estimate of drug-likeness (QED) is 0.105. The Labute approximate surface area is 345 Å². The molecule has 2 aromatic carbocycles. The summed E-state index contributed by atoms with van der Waals surface area (Å²) in [4.78, 5) is 70.5. The van der Waals surface area contributed by atoms with Crippen LogP contribution in [-0.2, 0) is 19.7 Å². The predicted octanol–water partition coefficient (Wildman–Crippen LogP) is 7.16. The molecular formula is C45H56N8O6. The third-order valence-electron chi connectivity index (χ3n) is 11.2. The first-order valence-corrected chi connectivity index (χ1v) is 20.4. The highest BCUT2D eigenvalue weighted by Gasteiger charge is 2.39. The number of aromatic nitrogens is 4. The molecule has 0 spiro atoms. The number of carboxylic acid groups (broad SMARTS) is 1. The number of nitrogens with zero attached hydrogens (tertiary/aromatic N) is 4. The summed E-state index contributed by atoms with van der Waals surface area (Å²) in [6, 6.07) is 12.4. The minimum Gasteiger partial charge on any atom is -0.465 e. The van der Waals surface area contributed by atoms with Crippen molar-refractivity contribution in [2.24, 2.45) is 11.8 Å². The zero-order valence-corrected chi connectivity index (χ0v) is 35.2. The van der Waals surface area contributed by atoms with Crippen LogP contribution in [0.3, 0.4) is 0 Å². The number of H-pyrrole nitrogens is 2. The summed E-state index contributed by atoms with van der Waals surface area (Å²) in [6.07, 6.45) is 4.63. The second-order valence-electron chi connectivity index (χ2n) is 17.1. The van der Waals surface area contributed by atoms with Gasteiger partial charge in [-0.2, -0.15) is 0 Å². The molecule has 4 amide bonds. The van der Waals surface area contributed by atoms with Gasteiger partial charge >= 0.3 is 12.2 Å². The molecule has 4 heterocycles. The first-order valence-electron chi connectivity index (χ1n) is 20.4. The Morgan fingerprint density at radius 1 is 0.814 bits per heavy atom. The van der Waals surface area contributed by atoms with E-state index in [9.17, 15) is 24.3 Å². The topological polar surface area (TPSA) is 186 Å². The Morgan fingerprint density at radius 2 is 1.42 bits per heavy atom. The Hall–Kier alpha value is -6.10. The average Bonchev–Trinajstić information content (AvgIpc) is 4.04. The number of aromatic amines is 2. The van der Waals surface area contributed by atoms with E-state index in [1.807, 2.05) is 39.8 Å². The normalized spacial score (nSPS) is 17.7. The molecule has 2 saturated heterocycles. The van der Waals surface area contributed by atoms with Crippen molar-refractivity contribution < 1.29 is 29.0 Å². The molecule has 2 fully saturated rings. The van der Waals surface area contributed by atoms with Crippen LogP contribution >= 0.6 is 0 Å². The molecular weight excluding hydrogens is 749 g/mol. The molecule has 2 aromatic heterocycles. The molecule has 6 rings (SSSR count). The number of carbonyl (C=O) groups excluding carboxylic acids is 3. The number of hydrogen-bond acceptors (Lipinski definition) is 7. The number of ether oxygens (including phenoxy) is 1. The number of hydrogen-bond donors (Lipinski definition) is 5. The molecule has 0 saturated carbocycles. The van der Waals surface area contributed by atoms with Crippen LogP contribution in [0.1, 0.15) is 115 Å². The molecule has 14 heteroatoms. The Morgan fingerprint density at radius 3 is 2.02 bits per heavy atom. The van der Waals surface area contributed by atoms with Crippen LogP contribution in [0.2, 0.25) is 0 Å². The maximum Gasteiger partial charge on any atom is 0.407 e. The van der Waals surface area contributed by atoms with Crippen molar-refractivity contribution in [3.8, 4) is 34.2 Å². The number of likely N-dealkylation sites (tertiary alicyclic amines) is 2. The molecule has 5 N–H and O–H groups in total. The summed E-state index contributed by atoms with van der Waals surface area (Å²) in [5.41, 5.74) is 6.13. The van der Waals surface area contributed by atoms with Crippen LogP contribution in [-0.4, -0.2) is 91.1 Å². The van der Waals surface area contributed by atoms with E-state index in [0.29, 0.717) is 36.9 Å². The highest BCUT2D eigenvalue weighted by atomic mass is 16.5. The van der Waals surface area contributed by atoms with Gasteiger partial charge in [-0.15, -0.1) is 0 Å². The van der Waals surface area contributed by atoms with Gasteiger partial charge in [0.15, 0.2) is 0 Å². The molecule has 4 atom stereocenters. The second kappa shape index (κ2) is 17.8. The maximum absolute atomic E-state index is 13.7. The number of imidazole rings is 2. The number of alkyl carbamates (subject to hydrolysis) is 1. The molecule has 2 unspecified atom stereocenters. The summed E-state index contributed by atoms with van der Waals surface area (Å²) < 4.78 is 4.77. The summed E-state index contributed by atoms with van der Waals surface area (Å²) in [7, 11) is 1.28. The van der Waals surface area contributed by atoms with Crippen molar-refractivity contribution >= 4 is 24.0 Å². The number of rotatable bonds is 10. The van der Waals surface area contributed by atoms with Crippen LogP contribution < -0.4 is 10.6 Å². The van der Waals surface area contributed by atoms with Gasteiger partial charge in [-0.3, -0.25) is 9.59 Å². The SMILES string of the molecule is COC(=O)NC(C(=O)N1CCC[C@H]1c1ncc(C#Cc2ccc(-c3cnc([C@@H]4CCCN4C(=O)C(NC(=O)O)C(C)C)[nH]3)cc2-c2cccc(C(C)(C)C)c2)[nH]1)C(C)C. The Balaban J connectivity index is 1.29. The van der Waals surface area contributed by atoms with E-state index in [2.05, 4.69) is 88.5 Å². The van der Waals surface area contributed by atoms with E-state index in [-0.39, 0.29) is 41.1 Å². The van der Waals surface area contributed by atoms with Gasteiger partial charge in [0.05, 0.1) is 37.3 Å². The van der Waals surface area contributed by atoms with Gasteiger partial charge in [0.25, 0.3) is 0 Å². The van der Waals surface area contributed by atoms with Crippen molar-refractivity contribution in [2.45, 2.75) is 104 Å². The largest absolute Gasteiger partial charge is 0.465 e. The summed E-state index contributed by atoms with van der Waals surface area (Å²) in [5.74, 6) is 7.18. The van der Waals surface area contributed by atoms with Crippen LogP contribution in [0.4, 0.5) is 9.59 Å². The van der Waals surface area contributed by atoms with Gasteiger partial charge in [-0.05, 0) is 77.7 Å². The van der Waals surface area contributed by atoms with Crippen molar-refractivity contribution in [3.63, 3.8) is 0 Å². The summed E-state index contributed by atoms with van der Waals surface area (Å²) >= 11 is 0. The van der Waals surface area contributed by atoms with Gasteiger partial charge in [0.1, 0.15) is 29.4 Å². The molecule has 4 aromatic rings. The third-order valence-corrected chi connectivity index (χ3v) is 11.2. The summed E-state index contributed by atoms with van der Waals surface area (Å²) in [6.45, 7) is 15.1. The maximum atomic E-state index is 13.7. The number of amides is 4. The van der Waals surface area contributed by atoms with Gasteiger partial charge in [-0.25, -0.2) is 19.6 Å². The van der Waals surface area contributed by atoms with E-state index in [1.165, 1.54) is 12.7 Å². The van der Waals surface area contributed by atoms with Crippen molar-refractivity contribution in [1.82, 2.24) is 40.4 Å². The second-order valence-corrected chi connectivity index (χ2v) is 17.1. The van der Waals surface area contributed by atoms with Crippen LogP contribution in [0.15, 0.2) is 54.9 Å². The van der Waals surface area contributed by atoms with Gasteiger partial charge < -0.3 is 40.2 Å². The third kappa shape index (κ3) is 9.62. The number of nitrogens with one attached hydrogen (secondary N) is 4. The molecule has 312 valence electrons. The highest BCUT2D eigenvalue weighted by molar-refractivity contribution is 5.87. The summed E-state index contributed by atoms with van der Waals surface area (Å²) in [5, 5.41) is 14.5. The molecule has 2 aliphatic heterocycles. The Kier molecular flexibility index (Phi) is 12.8. The van der Waals surface area contributed by atoms with Crippen LogP contribution in [0.25, 0.3) is 22.4 Å². The Bertz CT molecular complexity index is 2240. The molecule has 59 heavy (non-hydrogen) atoms. The van der Waals surface area contributed by atoms with Crippen molar-refractivity contribution in [3.05, 3.63) is 83.3 Å². The lowest BCUT2D eigenvalue weighted by atomic mass is 9.85. The molecule has 2 aliphatic rings. The lowest BCUT2D eigenvalue weighted by Gasteiger charge is -2.29. The fourth-order valence-corrected chi connectivity index (χ4v) is 7.90. The van der Waals surface area contributed by atoms with Crippen LogP contribution in [0, 0.1) is 23.7 Å². The predicted molar refractivity (Wildman–Crippen MR) is 224 cm³/mol. The molecule has 0 radical (unpaired) electrons. The zero-order valence-electron chi connectivity index (χ0n) is 35.2. The first kappa shape index (κ1) is 42.5. The minimum atomic E-state index is -1.23. The van der Waals surface area contributed by atoms with Gasteiger partial charge in [0.2, 0.25) is 11.8 Å². The van der Waals surface area contributed by atoms with E-state index in [0.717, 1.165) is 47.2 Å². The lowest BCUT2D eigenvalue weighted by Crippen LogP contribution is -2.51. The number of carbonyl (C=O) groups is 4. The van der Waals surface area contributed by atoms with Crippen LogP contribution in [0.5, 0.6) is 0 Å². The number of benzene rings is 2. The van der Waals surface area contributed by atoms with E-state index in [1.54, 1.807) is 22.2 Å². The lowest BCUT2D eigenvalue weighted by molar-refractivity contribution is -0.136. The number of methoxy groups -OCH3 is 1. The van der Waals surface area contributed by atoms with Crippen molar-refractivity contribution in [2.75, 3.05) is 20.2 Å². The smallest absolute Gasteiger partial charge is 0.407 e. The van der Waals surface area contributed by atoms with E-state index in [4.69, 9.17) is 9.72 Å². The van der Waals surface area contributed by atoms with Crippen molar-refractivity contribution in [1.29, 1.82) is 0 Å². The average molecular weight is 805 g/mol. The minimum absolute atomic E-state index is 0.0801. The monoisotopic (exact) mass is 804 g/mol. The van der Waals surface area contributed by atoms with Gasteiger partial charge in [0, 0.05) is 24.2 Å². The zero-order chi connectivity index (χ0) is 42.6. The fourth-order valence-electron chi connectivity index (χ4n) is 7.90. The molecule has 0 bridgehead atoms. The standard InChI is InChI=1S/C45H56N8O6/c1-26(2)37(50-43(56)57)41(54)53-21-11-15-36(53)40-47-25-34(49-40)30-17-16-28(33(23-30)29-12-9-13-31(22-29)45(5,6)7)18-19-32-24-46-39(48-32)35-14-10-20-52(35)42(55)38(27(3)4)51-44(58)59-8/h9,12-13,16-17,22-27,35-38,50H,10-11,14-15,20-21H2,1-8H3,(H,46,48)(H,47,49)(H,51,58)(H,56,57)/t35-,36-,37?,38?/m0/s1. The fraction of sp³-hybridized carbons (Fsp3) is 0.467. The highest BCUT2D eigenvalue weighted by Crippen LogP contribution is 2.36. The van der Waals surface area contributed by atoms with E-state index >= 15 is 0 Å². The van der Waals surface area contributed by atoms with E-state index < -0.39 is 24.3 Å². The molecule has 14 nitrogen and oxygen atoms in total. The molecule has 0 aliphatic carbocycles. The van der Waals surface area contributed by atoms with Gasteiger partial charge in [-0.1, -0.05) is 84.7 Å². The first-order chi connectivity index (χ1) is 28.0.